The smallest absolute Gasteiger partial charge is 0.337 e. The molecule has 0 aliphatic heterocycles. The fourth-order valence-electron chi connectivity index (χ4n) is 2.14. The van der Waals surface area contributed by atoms with Crippen LogP contribution in [0.2, 0.25) is 10.0 Å². The monoisotopic (exact) mass is 360 g/mol. The number of nitrogens with zero attached hydrogens (tertiary/aromatic N) is 2. The summed E-state index contributed by atoms with van der Waals surface area (Å²) in [6.07, 6.45) is 4.63. The van der Waals surface area contributed by atoms with Crippen molar-refractivity contribution in [2.75, 3.05) is 0 Å². The van der Waals surface area contributed by atoms with E-state index in [1.54, 1.807) is 30.4 Å². The van der Waals surface area contributed by atoms with E-state index in [0.29, 0.717) is 21.4 Å². The van der Waals surface area contributed by atoms with Crippen molar-refractivity contribution in [1.29, 1.82) is 0 Å². The maximum absolute atomic E-state index is 12.1. The molecule has 120 valence electrons. The van der Waals surface area contributed by atoms with Crippen molar-refractivity contribution in [1.82, 2.24) is 9.38 Å². The van der Waals surface area contributed by atoms with Gasteiger partial charge in [-0.2, -0.15) is 0 Å². The minimum Gasteiger partial charge on any atom is -0.478 e. The van der Waals surface area contributed by atoms with E-state index in [9.17, 15) is 9.59 Å². The first-order valence-electron chi connectivity index (χ1n) is 6.84. The minimum atomic E-state index is -1.11. The van der Waals surface area contributed by atoms with Crippen LogP contribution in [0, 0.1) is 0 Å². The maximum atomic E-state index is 12.1. The van der Waals surface area contributed by atoms with Gasteiger partial charge in [-0.25, -0.2) is 9.78 Å². The number of hydrogen-bond donors (Lipinski definition) is 1. The average molecular weight is 361 g/mol. The Morgan fingerprint density at radius 1 is 1.12 bits per heavy atom. The van der Waals surface area contributed by atoms with Gasteiger partial charge in [0.2, 0.25) is 0 Å². The molecule has 24 heavy (non-hydrogen) atoms. The summed E-state index contributed by atoms with van der Waals surface area (Å²) >= 11 is 11.9. The van der Waals surface area contributed by atoms with Crippen LogP contribution in [0.15, 0.2) is 47.4 Å². The summed E-state index contributed by atoms with van der Waals surface area (Å²) in [5.41, 5.74) is 1.18. The zero-order valence-corrected chi connectivity index (χ0v) is 13.6. The zero-order valence-electron chi connectivity index (χ0n) is 12.1. The van der Waals surface area contributed by atoms with Gasteiger partial charge in [-0.3, -0.25) is 9.20 Å². The second-order valence-corrected chi connectivity index (χ2v) is 5.81. The molecule has 0 saturated carbocycles. The third kappa shape index (κ3) is 3.32. The predicted octanol–water partition coefficient (Wildman–Crippen LogP) is 3.87. The summed E-state index contributed by atoms with van der Waals surface area (Å²) in [5.74, 6) is -1.11. The van der Waals surface area contributed by atoms with Crippen molar-refractivity contribution in [2.24, 2.45) is 0 Å². The molecule has 7 heteroatoms. The number of aromatic carboxylic acids is 1. The van der Waals surface area contributed by atoms with Crippen LogP contribution < -0.4 is 5.56 Å². The van der Waals surface area contributed by atoms with Crippen molar-refractivity contribution < 1.29 is 9.90 Å². The lowest BCUT2D eigenvalue weighted by Crippen LogP contribution is -2.15. The number of fused-ring (bicyclic) bond motifs is 1. The lowest BCUT2D eigenvalue weighted by Gasteiger charge is -2.03. The number of carboxylic acid groups (broad SMARTS) is 1. The van der Waals surface area contributed by atoms with Gasteiger partial charge in [0.1, 0.15) is 5.65 Å². The van der Waals surface area contributed by atoms with Crippen LogP contribution in [0.4, 0.5) is 0 Å². The number of halogens is 2. The van der Waals surface area contributed by atoms with Crippen molar-refractivity contribution in [2.45, 2.75) is 0 Å². The van der Waals surface area contributed by atoms with E-state index in [1.165, 1.54) is 28.8 Å². The standard InChI is InChI=1S/C17H10Cl2N2O3/c18-12-4-1-10(14(19)7-12)2-5-13-8-16(22)21-9-11(17(23)24)3-6-15(21)20-13/h1-9H,(H,23,24). The van der Waals surface area contributed by atoms with Crippen LogP contribution in [0.3, 0.4) is 0 Å². The molecule has 0 fully saturated rings. The van der Waals surface area contributed by atoms with Crippen molar-refractivity contribution in [3.8, 4) is 0 Å². The quantitative estimate of drug-likeness (QED) is 0.769. The molecule has 5 nitrogen and oxygen atoms in total. The van der Waals surface area contributed by atoms with Crippen LogP contribution >= 0.6 is 23.2 Å². The topological polar surface area (TPSA) is 71.7 Å². The second kappa shape index (κ2) is 6.47. The van der Waals surface area contributed by atoms with Gasteiger partial charge in [0.25, 0.3) is 5.56 Å². The number of carboxylic acids is 1. The number of rotatable bonds is 3. The normalized spacial score (nSPS) is 11.2. The van der Waals surface area contributed by atoms with Crippen molar-refractivity contribution >= 4 is 47.0 Å². The first kappa shape index (κ1) is 16.2. The Hall–Kier alpha value is -2.63. The third-order valence-corrected chi connectivity index (χ3v) is 3.88. The zero-order chi connectivity index (χ0) is 17.3. The largest absolute Gasteiger partial charge is 0.478 e. The Labute approximate surface area is 146 Å². The highest BCUT2D eigenvalue weighted by Crippen LogP contribution is 2.22. The van der Waals surface area contributed by atoms with Gasteiger partial charge >= 0.3 is 5.97 Å². The Bertz CT molecular complexity index is 1040. The van der Waals surface area contributed by atoms with Crippen LogP contribution in [0.1, 0.15) is 21.6 Å². The van der Waals surface area contributed by atoms with E-state index in [4.69, 9.17) is 28.3 Å². The molecule has 0 aliphatic carbocycles. The molecule has 0 spiro atoms. The van der Waals surface area contributed by atoms with Gasteiger partial charge in [-0.1, -0.05) is 35.3 Å². The lowest BCUT2D eigenvalue weighted by atomic mass is 10.2. The first-order chi connectivity index (χ1) is 11.4. The third-order valence-electron chi connectivity index (χ3n) is 3.32. The summed E-state index contributed by atoms with van der Waals surface area (Å²) in [4.78, 5) is 27.4. The molecule has 2 aromatic heterocycles. The summed E-state index contributed by atoms with van der Waals surface area (Å²) in [5, 5.41) is 10.0. The number of hydrogen-bond acceptors (Lipinski definition) is 3. The molecule has 2 heterocycles. The van der Waals surface area contributed by atoms with Crippen LogP contribution in [-0.2, 0) is 0 Å². The fourth-order valence-corrected chi connectivity index (χ4v) is 2.62. The van der Waals surface area contributed by atoms with Gasteiger partial charge in [-0.15, -0.1) is 0 Å². The maximum Gasteiger partial charge on any atom is 0.337 e. The molecule has 0 bridgehead atoms. The highest BCUT2D eigenvalue weighted by Gasteiger charge is 2.06. The lowest BCUT2D eigenvalue weighted by molar-refractivity contribution is 0.0696. The Morgan fingerprint density at radius 2 is 1.92 bits per heavy atom. The average Bonchev–Trinajstić information content (AvgIpc) is 2.53. The molecule has 0 saturated heterocycles. The summed E-state index contributed by atoms with van der Waals surface area (Å²) in [7, 11) is 0. The van der Waals surface area contributed by atoms with Gasteiger partial charge in [0.15, 0.2) is 0 Å². The number of carbonyl (C=O) groups is 1. The molecule has 0 unspecified atom stereocenters. The van der Waals surface area contributed by atoms with Gasteiger partial charge < -0.3 is 5.11 Å². The van der Waals surface area contributed by atoms with Crippen LogP contribution in [0.5, 0.6) is 0 Å². The highest BCUT2D eigenvalue weighted by atomic mass is 35.5. The Balaban J connectivity index is 2.01. The van der Waals surface area contributed by atoms with Crippen molar-refractivity contribution in [3.63, 3.8) is 0 Å². The van der Waals surface area contributed by atoms with E-state index in [0.717, 1.165) is 5.56 Å². The molecular weight excluding hydrogens is 351 g/mol. The number of pyridine rings is 1. The molecular formula is C17H10Cl2N2O3. The van der Waals surface area contributed by atoms with Crippen LogP contribution in [0.25, 0.3) is 17.8 Å². The van der Waals surface area contributed by atoms with E-state index in [-0.39, 0.29) is 11.1 Å². The fraction of sp³-hybridized carbons (Fsp3) is 0. The first-order valence-corrected chi connectivity index (χ1v) is 7.59. The predicted molar refractivity (Wildman–Crippen MR) is 93.8 cm³/mol. The summed E-state index contributed by atoms with van der Waals surface area (Å²) in [6, 6.07) is 9.29. The van der Waals surface area contributed by atoms with E-state index in [1.807, 2.05) is 0 Å². The Kier molecular flexibility index (Phi) is 4.38. The van der Waals surface area contributed by atoms with Gasteiger partial charge in [0, 0.05) is 22.3 Å². The van der Waals surface area contributed by atoms with E-state index in [2.05, 4.69) is 4.98 Å². The number of benzene rings is 1. The molecule has 0 atom stereocenters. The SMILES string of the molecule is O=C(O)c1ccc2nc(C=Cc3ccc(Cl)cc3Cl)cc(=O)n2c1. The molecule has 1 N–H and O–H groups in total. The molecule has 0 amide bonds. The van der Waals surface area contributed by atoms with Gasteiger partial charge in [0.05, 0.1) is 11.3 Å². The highest BCUT2D eigenvalue weighted by molar-refractivity contribution is 6.35. The van der Waals surface area contributed by atoms with Gasteiger partial charge in [-0.05, 0) is 35.9 Å². The van der Waals surface area contributed by atoms with E-state index >= 15 is 0 Å². The summed E-state index contributed by atoms with van der Waals surface area (Å²) < 4.78 is 1.19. The molecule has 1 aromatic carbocycles. The molecule has 0 aliphatic rings. The Morgan fingerprint density at radius 3 is 2.62 bits per heavy atom. The summed E-state index contributed by atoms with van der Waals surface area (Å²) in [6.45, 7) is 0. The molecule has 3 aromatic rings. The minimum absolute atomic E-state index is 0.0163. The van der Waals surface area contributed by atoms with Crippen LogP contribution in [-0.4, -0.2) is 20.5 Å². The van der Waals surface area contributed by atoms with Crippen molar-refractivity contribution in [3.05, 3.63) is 79.8 Å². The van der Waals surface area contributed by atoms with E-state index < -0.39 is 5.97 Å². The molecule has 3 rings (SSSR count). The number of aromatic nitrogens is 2. The molecule has 0 radical (unpaired) electrons. The second-order valence-electron chi connectivity index (χ2n) is 4.97.